The number of hydrogen-bond donors (Lipinski definition) is 1. The number of thiophene rings is 1. The molecule has 1 atom stereocenters. The first kappa shape index (κ1) is 23.3. The van der Waals surface area contributed by atoms with E-state index in [0.717, 1.165) is 51.7 Å². The molecule has 2 aromatic heterocycles. The van der Waals surface area contributed by atoms with E-state index in [-0.39, 0.29) is 17.2 Å². The second-order valence-electron chi connectivity index (χ2n) is 8.42. The van der Waals surface area contributed by atoms with Gasteiger partial charge in [-0.15, -0.1) is 11.3 Å². The van der Waals surface area contributed by atoms with Crippen LogP contribution in [0.1, 0.15) is 30.2 Å². The van der Waals surface area contributed by atoms with Crippen molar-refractivity contribution in [1.82, 2.24) is 9.55 Å². The summed E-state index contributed by atoms with van der Waals surface area (Å²) in [6, 6.07) is 17.0. The largest absolute Gasteiger partial charge is 0.325 e. The molecule has 0 fully saturated rings. The summed E-state index contributed by atoms with van der Waals surface area (Å²) in [7, 11) is 0. The smallest absolute Gasteiger partial charge is 0.267 e. The lowest BCUT2D eigenvalue weighted by Crippen LogP contribution is -2.23. The molecule has 174 valence electrons. The van der Waals surface area contributed by atoms with Crippen LogP contribution in [0.5, 0.6) is 0 Å². The maximum atomic E-state index is 13.8. The standard InChI is InChI=1S/C26H24BrN3O2S2/c1-2-16-8-13-20-21(14-16)34-24-23(20)25(32)30(19-6-4-3-5-7-19)26(29-24)33-15-22(31)28-18-11-9-17(27)10-12-18/h3-7,9-12,16H,2,8,13-15H2,1H3,(H,28,31). The fourth-order valence-electron chi connectivity index (χ4n) is 4.39. The van der Waals surface area contributed by atoms with Gasteiger partial charge in [0.1, 0.15) is 4.83 Å². The number of aryl methyl sites for hydroxylation is 1. The number of halogens is 1. The quantitative estimate of drug-likeness (QED) is 0.220. The third-order valence-electron chi connectivity index (χ3n) is 6.21. The Hall–Kier alpha value is -2.42. The van der Waals surface area contributed by atoms with E-state index in [2.05, 4.69) is 28.2 Å². The molecule has 5 rings (SSSR count). The first-order valence-corrected chi connectivity index (χ1v) is 13.9. The maximum Gasteiger partial charge on any atom is 0.267 e. The lowest BCUT2D eigenvalue weighted by Gasteiger charge is -2.20. The van der Waals surface area contributed by atoms with Gasteiger partial charge >= 0.3 is 0 Å². The zero-order valence-electron chi connectivity index (χ0n) is 18.7. The van der Waals surface area contributed by atoms with Crippen LogP contribution < -0.4 is 10.9 Å². The van der Waals surface area contributed by atoms with Crippen molar-refractivity contribution in [2.24, 2.45) is 5.92 Å². The summed E-state index contributed by atoms with van der Waals surface area (Å²) in [5.41, 5.74) is 2.63. The summed E-state index contributed by atoms with van der Waals surface area (Å²) in [5, 5.41) is 4.20. The lowest BCUT2D eigenvalue weighted by molar-refractivity contribution is -0.113. The monoisotopic (exact) mass is 553 g/mol. The van der Waals surface area contributed by atoms with Crippen molar-refractivity contribution in [1.29, 1.82) is 0 Å². The Balaban J connectivity index is 1.50. The highest BCUT2D eigenvalue weighted by molar-refractivity contribution is 9.10. The van der Waals surface area contributed by atoms with Crippen molar-refractivity contribution in [3.63, 3.8) is 0 Å². The van der Waals surface area contributed by atoms with Crippen molar-refractivity contribution in [3.05, 3.63) is 79.9 Å². The average molecular weight is 555 g/mol. The minimum absolute atomic E-state index is 0.0422. The van der Waals surface area contributed by atoms with Crippen molar-refractivity contribution in [3.8, 4) is 5.69 Å². The second kappa shape index (κ2) is 10.1. The first-order valence-electron chi connectivity index (χ1n) is 11.3. The van der Waals surface area contributed by atoms with Gasteiger partial charge in [0.05, 0.1) is 16.8 Å². The van der Waals surface area contributed by atoms with Crippen molar-refractivity contribution in [2.45, 2.75) is 37.8 Å². The van der Waals surface area contributed by atoms with Crippen LogP contribution in [0.2, 0.25) is 0 Å². The number of aromatic nitrogens is 2. The molecule has 0 aliphatic heterocycles. The molecule has 0 spiro atoms. The SMILES string of the molecule is CCC1CCc2c(sc3nc(SCC(=O)Nc4ccc(Br)cc4)n(-c4ccccc4)c(=O)c23)C1. The normalized spacial score (nSPS) is 15.3. The highest BCUT2D eigenvalue weighted by atomic mass is 79.9. The van der Waals surface area contributed by atoms with Gasteiger partial charge in [0.2, 0.25) is 5.91 Å². The summed E-state index contributed by atoms with van der Waals surface area (Å²) in [6.45, 7) is 2.23. The number of nitrogens with one attached hydrogen (secondary N) is 1. The van der Waals surface area contributed by atoms with Gasteiger partial charge in [0, 0.05) is 15.0 Å². The molecule has 1 aliphatic rings. The average Bonchev–Trinajstić information content (AvgIpc) is 3.22. The van der Waals surface area contributed by atoms with Crippen LogP contribution >= 0.6 is 39.0 Å². The second-order valence-corrected chi connectivity index (χ2v) is 11.4. The Morgan fingerprint density at radius 3 is 2.71 bits per heavy atom. The number of carbonyl (C=O) groups excluding carboxylic acids is 1. The van der Waals surface area contributed by atoms with E-state index in [4.69, 9.17) is 4.98 Å². The summed E-state index contributed by atoms with van der Waals surface area (Å²) in [5.74, 6) is 0.690. The van der Waals surface area contributed by atoms with E-state index < -0.39 is 0 Å². The molecule has 0 bridgehead atoms. The molecule has 34 heavy (non-hydrogen) atoms. The third kappa shape index (κ3) is 4.72. The van der Waals surface area contributed by atoms with Crippen LogP contribution in [0.15, 0.2) is 69.0 Å². The molecule has 2 aromatic carbocycles. The molecule has 1 aliphatic carbocycles. The molecule has 0 radical (unpaired) electrons. The summed E-state index contributed by atoms with van der Waals surface area (Å²) >= 11 is 6.34. The van der Waals surface area contributed by atoms with Gasteiger partial charge in [-0.1, -0.05) is 59.2 Å². The van der Waals surface area contributed by atoms with E-state index in [9.17, 15) is 9.59 Å². The Morgan fingerprint density at radius 2 is 1.97 bits per heavy atom. The zero-order chi connectivity index (χ0) is 23.7. The van der Waals surface area contributed by atoms with Crippen molar-refractivity contribution < 1.29 is 4.79 Å². The Kier molecular flexibility index (Phi) is 6.90. The van der Waals surface area contributed by atoms with Gasteiger partial charge in [-0.3, -0.25) is 14.2 Å². The molecule has 4 aromatic rings. The number of nitrogens with zero attached hydrogens (tertiary/aromatic N) is 2. The van der Waals surface area contributed by atoms with Crippen LogP contribution in [0.3, 0.4) is 0 Å². The van der Waals surface area contributed by atoms with Gasteiger partial charge < -0.3 is 5.32 Å². The molecule has 8 heteroatoms. The van der Waals surface area contributed by atoms with Crippen LogP contribution in [-0.2, 0) is 17.6 Å². The van der Waals surface area contributed by atoms with E-state index >= 15 is 0 Å². The number of thioether (sulfide) groups is 1. The molecular formula is C26H24BrN3O2S2. The highest BCUT2D eigenvalue weighted by Gasteiger charge is 2.26. The topological polar surface area (TPSA) is 64.0 Å². The molecular weight excluding hydrogens is 530 g/mol. The van der Waals surface area contributed by atoms with E-state index in [1.807, 2.05) is 54.6 Å². The Bertz CT molecular complexity index is 1400. The Labute approximate surface area is 214 Å². The highest BCUT2D eigenvalue weighted by Crippen LogP contribution is 2.38. The van der Waals surface area contributed by atoms with Gasteiger partial charge in [-0.2, -0.15) is 0 Å². The number of anilines is 1. The predicted molar refractivity (Wildman–Crippen MR) is 145 cm³/mol. The fourth-order valence-corrected chi connectivity index (χ4v) is 6.84. The maximum absolute atomic E-state index is 13.8. The number of fused-ring (bicyclic) bond motifs is 3. The summed E-state index contributed by atoms with van der Waals surface area (Å²) in [4.78, 5) is 33.5. The molecule has 5 nitrogen and oxygen atoms in total. The number of amides is 1. The fraction of sp³-hybridized carbons (Fsp3) is 0.269. The molecule has 2 heterocycles. The lowest BCUT2D eigenvalue weighted by atomic mass is 9.86. The number of para-hydroxylation sites is 1. The van der Waals surface area contributed by atoms with Gasteiger partial charge in [-0.25, -0.2) is 4.98 Å². The van der Waals surface area contributed by atoms with Crippen LogP contribution in [0.4, 0.5) is 5.69 Å². The van der Waals surface area contributed by atoms with Crippen LogP contribution in [0.25, 0.3) is 15.9 Å². The summed E-state index contributed by atoms with van der Waals surface area (Å²) in [6.07, 6.45) is 4.23. The number of rotatable bonds is 6. The molecule has 1 amide bonds. The molecule has 0 saturated carbocycles. The number of hydrogen-bond acceptors (Lipinski definition) is 5. The molecule has 0 saturated heterocycles. The zero-order valence-corrected chi connectivity index (χ0v) is 21.9. The van der Waals surface area contributed by atoms with Gasteiger partial charge in [-0.05, 0) is 67.1 Å². The minimum atomic E-state index is -0.141. The van der Waals surface area contributed by atoms with E-state index in [0.29, 0.717) is 11.1 Å². The predicted octanol–water partition coefficient (Wildman–Crippen LogP) is 6.46. The molecule has 1 unspecified atom stereocenters. The van der Waals surface area contributed by atoms with E-state index in [1.54, 1.807) is 15.9 Å². The van der Waals surface area contributed by atoms with Crippen LogP contribution in [0, 0.1) is 5.92 Å². The van der Waals surface area contributed by atoms with Crippen LogP contribution in [-0.4, -0.2) is 21.2 Å². The number of benzene rings is 2. The first-order chi connectivity index (χ1) is 16.5. The molecule has 1 N–H and O–H groups in total. The van der Waals surface area contributed by atoms with Gasteiger partial charge in [0.15, 0.2) is 5.16 Å². The Morgan fingerprint density at radius 1 is 1.21 bits per heavy atom. The van der Waals surface area contributed by atoms with Crippen molar-refractivity contribution in [2.75, 3.05) is 11.1 Å². The third-order valence-corrected chi connectivity index (χ3v) is 8.82. The number of carbonyl (C=O) groups is 1. The van der Waals surface area contributed by atoms with E-state index in [1.165, 1.54) is 22.2 Å². The van der Waals surface area contributed by atoms with Gasteiger partial charge in [0.25, 0.3) is 5.56 Å². The minimum Gasteiger partial charge on any atom is -0.325 e. The summed E-state index contributed by atoms with van der Waals surface area (Å²) < 4.78 is 2.62. The van der Waals surface area contributed by atoms with Crippen molar-refractivity contribution >= 4 is 60.8 Å².